The van der Waals surface area contributed by atoms with Gasteiger partial charge in [0.15, 0.2) is 0 Å². The first-order chi connectivity index (χ1) is 11.7. The Labute approximate surface area is 143 Å². The Hall–Kier alpha value is -2.39. The van der Waals surface area contributed by atoms with Crippen LogP contribution in [0, 0.1) is 5.92 Å². The zero-order valence-electron chi connectivity index (χ0n) is 14.0. The van der Waals surface area contributed by atoms with Gasteiger partial charge in [-0.2, -0.15) is 0 Å². The van der Waals surface area contributed by atoms with Crippen LogP contribution in [0.3, 0.4) is 0 Å². The predicted molar refractivity (Wildman–Crippen MR) is 96.0 cm³/mol. The summed E-state index contributed by atoms with van der Waals surface area (Å²) in [6, 6.07) is 17.6. The van der Waals surface area contributed by atoms with Gasteiger partial charge in [-0.15, -0.1) is 6.58 Å². The van der Waals surface area contributed by atoms with E-state index in [9.17, 15) is 9.90 Å². The molecule has 0 radical (unpaired) electrons. The van der Waals surface area contributed by atoms with Crippen LogP contribution >= 0.6 is 0 Å². The molecule has 0 spiro atoms. The molecule has 3 heteroatoms. The summed E-state index contributed by atoms with van der Waals surface area (Å²) in [6.45, 7) is 6.67. The Morgan fingerprint density at radius 2 is 1.79 bits per heavy atom. The third kappa shape index (κ3) is 4.80. The van der Waals surface area contributed by atoms with Crippen molar-refractivity contribution in [3.05, 3.63) is 83.9 Å². The number of hydrogen-bond acceptors (Lipinski definition) is 2. The first kappa shape index (κ1) is 18.0. The van der Waals surface area contributed by atoms with Gasteiger partial charge in [-0.3, -0.25) is 4.79 Å². The van der Waals surface area contributed by atoms with Crippen LogP contribution in [0.4, 0.5) is 0 Å². The van der Waals surface area contributed by atoms with Crippen molar-refractivity contribution in [2.75, 3.05) is 6.61 Å². The van der Waals surface area contributed by atoms with E-state index >= 15 is 0 Å². The Balaban J connectivity index is 2.05. The maximum atomic E-state index is 11.8. The molecule has 0 heterocycles. The highest BCUT2D eigenvalue weighted by Gasteiger charge is 2.28. The monoisotopic (exact) mass is 324 g/mol. The largest absolute Gasteiger partial charge is 0.481 e. The van der Waals surface area contributed by atoms with Crippen molar-refractivity contribution < 1.29 is 14.6 Å². The average molecular weight is 324 g/mol. The van der Waals surface area contributed by atoms with Crippen LogP contribution in [0.5, 0.6) is 0 Å². The topological polar surface area (TPSA) is 46.5 Å². The lowest BCUT2D eigenvalue weighted by atomic mass is 9.86. The lowest BCUT2D eigenvalue weighted by molar-refractivity contribution is -0.140. The number of aliphatic carboxylic acids is 1. The van der Waals surface area contributed by atoms with E-state index in [1.54, 1.807) is 6.08 Å². The lowest BCUT2D eigenvalue weighted by Crippen LogP contribution is -2.24. The van der Waals surface area contributed by atoms with E-state index in [0.717, 1.165) is 17.5 Å². The van der Waals surface area contributed by atoms with Crippen molar-refractivity contribution in [1.29, 1.82) is 0 Å². The van der Waals surface area contributed by atoms with Crippen molar-refractivity contribution in [1.82, 2.24) is 0 Å². The number of ether oxygens (including phenoxy) is 1. The van der Waals surface area contributed by atoms with Crippen LogP contribution in [0.15, 0.2) is 67.3 Å². The van der Waals surface area contributed by atoms with E-state index in [0.29, 0.717) is 13.2 Å². The van der Waals surface area contributed by atoms with E-state index in [2.05, 4.69) is 13.5 Å². The number of carbonyl (C=O) groups is 1. The average Bonchev–Trinajstić information content (AvgIpc) is 2.62. The maximum Gasteiger partial charge on any atom is 0.311 e. The fourth-order valence-corrected chi connectivity index (χ4v) is 2.72. The highest BCUT2D eigenvalue weighted by atomic mass is 16.5. The van der Waals surface area contributed by atoms with Crippen molar-refractivity contribution in [3.8, 4) is 0 Å². The summed E-state index contributed by atoms with van der Waals surface area (Å²) in [5, 5.41) is 9.67. The van der Waals surface area contributed by atoms with Gasteiger partial charge in [-0.25, -0.2) is 0 Å². The number of carboxylic acids is 1. The van der Waals surface area contributed by atoms with Crippen LogP contribution in [-0.2, 0) is 22.6 Å². The molecule has 2 aromatic carbocycles. The third-order valence-corrected chi connectivity index (χ3v) is 4.17. The summed E-state index contributed by atoms with van der Waals surface area (Å²) < 4.78 is 5.74. The fraction of sp³-hybridized carbons (Fsp3) is 0.286. The van der Waals surface area contributed by atoms with Crippen molar-refractivity contribution >= 4 is 5.97 Å². The summed E-state index contributed by atoms with van der Waals surface area (Å²) >= 11 is 0. The molecular weight excluding hydrogens is 300 g/mol. The molecule has 1 N–H and O–H groups in total. The van der Waals surface area contributed by atoms with Gasteiger partial charge < -0.3 is 9.84 Å². The summed E-state index contributed by atoms with van der Waals surface area (Å²) in [5.41, 5.74) is 3.05. The molecule has 2 rings (SSSR count). The zero-order chi connectivity index (χ0) is 17.4. The Bertz CT molecular complexity index is 647. The minimum Gasteiger partial charge on any atom is -0.481 e. The summed E-state index contributed by atoms with van der Waals surface area (Å²) in [5.74, 6) is -1.78. The van der Waals surface area contributed by atoms with E-state index in [1.807, 2.05) is 54.6 Å². The van der Waals surface area contributed by atoms with Crippen LogP contribution in [0.1, 0.15) is 29.5 Å². The van der Waals surface area contributed by atoms with Gasteiger partial charge in [0.25, 0.3) is 0 Å². The normalized spacial score (nSPS) is 13.2. The number of rotatable bonds is 9. The highest BCUT2D eigenvalue weighted by molar-refractivity contribution is 5.77. The molecule has 0 aliphatic heterocycles. The second-order valence-corrected chi connectivity index (χ2v) is 5.81. The van der Waals surface area contributed by atoms with Crippen LogP contribution in [0.2, 0.25) is 0 Å². The third-order valence-electron chi connectivity index (χ3n) is 4.17. The quantitative estimate of drug-likeness (QED) is 0.694. The molecule has 3 nitrogen and oxygen atoms in total. The van der Waals surface area contributed by atoms with Gasteiger partial charge in [0.2, 0.25) is 0 Å². The van der Waals surface area contributed by atoms with Gasteiger partial charge in [0.1, 0.15) is 0 Å². The van der Waals surface area contributed by atoms with E-state index in [-0.39, 0.29) is 5.92 Å². The maximum absolute atomic E-state index is 11.8. The molecular formula is C21H24O3. The minimum absolute atomic E-state index is 0.279. The molecule has 24 heavy (non-hydrogen) atoms. The van der Waals surface area contributed by atoms with Crippen LogP contribution in [-0.4, -0.2) is 17.7 Å². The smallest absolute Gasteiger partial charge is 0.311 e. The second kappa shape index (κ2) is 9.04. The van der Waals surface area contributed by atoms with Crippen LogP contribution < -0.4 is 0 Å². The standard InChI is InChI=1S/C21H24O3/c1-3-16-10-12-19(13-11-16)20(21(22)23)18(4-2)15-24-14-17-8-6-5-7-9-17/h4-13,18,20H,2-3,14-15H2,1H3,(H,22,23)/t18-,20-/m0/s1. The molecule has 0 bridgehead atoms. The number of benzene rings is 2. The molecule has 0 fully saturated rings. The molecule has 0 aliphatic rings. The molecule has 0 aliphatic carbocycles. The second-order valence-electron chi connectivity index (χ2n) is 5.81. The molecule has 0 amide bonds. The first-order valence-electron chi connectivity index (χ1n) is 8.21. The lowest BCUT2D eigenvalue weighted by Gasteiger charge is -2.21. The van der Waals surface area contributed by atoms with Gasteiger partial charge >= 0.3 is 5.97 Å². The summed E-state index contributed by atoms with van der Waals surface area (Å²) in [7, 11) is 0. The molecule has 0 aromatic heterocycles. The van der Waals surface area contributed by atoms with Crippen molar-refractivity contribution in [2.24, 2.45) is 5.92 Å². The Morgan fingerprint density at radius 3 is 2.33 bits per heavy atom. The fourth-order valence-electron chi connectivity index (χ4n) is 2.72. The minimum atomic E-state index is -0.854. The Kier molecular flexibility index (Phi) is 6.76. The van der Waals surface area contributed by atoms with Crippen LogP contribution in [0.25, 0.3) is 0 Å². The van der Waals surface area contributed by atoms with E-state index in [4.69, 9.17) is 4.74 Å². The molecule has 2 atom stereocenters. The molecule has 0 unspecified atom stereocenters. The number of hydrogen-bond donors (Lipinski definition) is 1. The summed E-state index contributed by atoms with van der Waals surface area (Å²) in [6.07, 6.45) is 2.61. The molecule has 0 saturated carbocycles. The number of carboxylic acid groups (broad SMARTS) is 1. The van der Waals surface area contributed by atoms with E-state index in [1.165, 1.54) is 5.56 Å². The van der Waals surface area contributed by atoms with E-state index < -0.39 is 11.9 Å². The molecule has 126 valence electrons. The first-order valence-corrected chi connectivity index (χ1v) is 8.21. The highest BCUT2D eigenvalue weighted by Crippen LogP contribution is 2.27. The number of aryl methyl sites for hydroxylation is 1. The zero-order valence-corrected chi connectivity index (χ0v) is 14.0. The summed E-state index contributed by atoms with van der Waals surface area (Å²) in [4.78, 5) is 11.8. The van der Waals surface area contributed by atoms with Gasteiger partial charge in [-0.1, -0.05) is 67.6 Å². The SMILES string of the molecule is C=C[C@@H](COCc1ccccc1)[C@H](C(=O)O)c1ccc(CC)cc1. The van der Waals surface area contributed by atoms with Crippen molar-refractivity contribution in [2.45, 2.75) is 25.9 Å². The van der Waals surface area contributed by atoms with Gasteiger partial charge in [-0.05, 0) is 23.1 Å². The molecule has 2 aromatic rings. The van der Waals surface area contributed by atoms with Gasteiger partial charge in [0, 0.05) is 5.92 Å². The predicted octanol–water partition coefficient (Wildman–Crippen LogP) is 4.44. The van der Waals surface area contributed by atoms with Crippen molar-refractivity contribution in [3.63, 3.8) is 0 Å². The Morgan fingerprint density at radius 1 is 1.12 bits per heavy atom. The van der Waals surface area contributed by atoms with Gasteiger partial charge in [0.05, 0.1) is 19.1 Å². The molecule has 0 saturated heterocycles.